The lowest BCUT2D eigenvalue weighted by molar-refractivity contribution is 0.321. The topological polar surface area (TPSA) is 21.3 Å². The van der Waals surface area contributed by atoms with Crippen LogP contribution in [-0.2, 0) is 6.54 Å². The van der Waals surface area contributed by atoms with Gasteiger partial charge in [0.05, 0.1) is 6.61 Å². The second-order valence-corrected chi connectivity index (χ2v) is 4.46. The van der Waals surface area contributed by atoms with E-state index in [-0.39, 0.29) is 0 Å². The molecule has 86 valence electrons. The first-order valence-corrected chi connectivity index (χ1v) is 5.98. The van der Waals surface area contributed by atoms with Crippen LogP contribution in [0.2, 0.25) is 0 Å². The Bertz CT molecular complexity index is 396. The maximum atomic E-state index is 5.71. The van der Waals surface area contributed by atoms with E-state index in [1.165, 1.54) is 0 Å². The first-order valence-electron chi connectivity index (χ1n) is 5.19. The molecule has 0 fully saturated rings. The summed E-state index contributed by atoms with van der Waals surface area (Å²) >= 11 is 3.48. The van der Waals surface area contributed by atoms with Gasteiger partial charge in [-0.3, -0.25) is 0 Å². The third kappa shape index (κ3) is 3.55. The van der Waals surface area contributed by atoms with E-state index in [0.717, 1.165) is 27.9 Å². The molecule has 0 aliphatic rings. The molecule has 3 heteroatoms. The summed E-state index contributed by atoms with van der Waals surface area (Å²) in [5.41, 5.74) is 2.27. The second-order valence-electron chi connectivity index (χ2n) is 3.54. The minimum Gasteiger partial charge on any atom is -0.492 e. The van der Waals surface area contributed by atoms with Gasteiger partial charge in [0.15, 0.2) is 0 Å². The Labute approximate surface area is 106 Å². The fourth-order valence-corrected chi connectivity index (χ4v) is 2.16. The van der Waals surface area contributed by atoms with Crippen molar-refractivity contribution in [2.45, 2.75) is 19.9 Å². The van der Waals surface area contributed by atoms with Crippen LogP contribution in [0.4, 0.5) is 0 Å². The zero-order chi connectivity index (χ0) is 12.0. The number of halogens is 1. The molecule has 0 radical (unpaired) electrons. The van der Waals surface area contributed by atoms with Gasteiger partial charge in [0.1, 0.15) is 5.75 Å². The largest absolute Gasteiger partial charge is 0.492 e. The number of nitrogens with one attached hydrogen (secondary N) is 1. The van der Waals surface area contributed by atoms with E-state index in [1.54, 1.807) is 0 Å². The van der Waals surface area contributed by atoms with Crippen LogP contribution in [-0.4, -0.2) is 13.7 Å². The summed E-state index contributed by atoms with van der Waals surface area (Å²) in [7, 11) is 1.92. The molecule has 0 saturated carbocycles. The molecule has 0 aliphatic heterocycles. The maximum Gasteiger partial charge on any atom is 0.126 e. The van der Waals surface area contributed by atoms with E-state index < -0.39 is 0 Å². The fourth-order valence-electron chi connectivity index (χ4n) is 1.54. The summed E-state index contributed by atoms with van der Waals surface area (Å²) < 4.78 is 6.78. The van der Waals surface area contributed by atoms with Gasteiger partial charge in [0, 0.05) is 23.0 Å². The fraction of sp³-hybridized carbons (Fsp3) is 0.385. The van der Waals surface area contributed by atoms with Gasteiger partial charge in [-0.1, -0.05) is 15.9 Å². The molecule has 0 saturated heterocycles. The predicted molar refractivity (Wildman–Crippen MR) is 70.6 cm³/mol. The molecule has 1 rings (SSSR count). The monoisotopic (exact) mass is 281 g/mol. The lowest BCUT2D eigenvalue weighted by Gasteiger charge is -2.14. The molecule has 1 aromatic rings. The molecule has 0 spiro atoms. The Morgan fingerprint density at radius 3 is 2.88 bits per heavy atom. The van der Waals surface area contributed by atoms with Crippen molar-refractivity contribution in [3.05, 3.63) is 27.7 Å². The van der Waals surface area contributed by atoms with Gasteiger partial charge in [0.2, 0.25) is 0 Å². The van der Waals surface area contributed by atoms with E-state index in [4.69, 9.17) is 11.2 Å². The van der Waals surface area contributed by atoms with E-state index in [0.29, 0.717) is 13.0 Å². The van der Waals surface area contributed by atoms with Crippen LogP contribution in [0.15, 0.2) is 16.6 Å². The van der Waals surface area contributed by atoms with E-state index in [9.17, 15) is 0 Å². The molecule has 2 nitrogen and oxygen atoms in total. The van der Waals surface area contributed by atoms with E-state index >= 15 is 0 Å². The number of aryl methyl sites for hydroxylation is 1. The molecule has 1 N–H and O–H groups in total. The Hall–Kier alpha value is -0.980. The lowest BCUT2D eigenvalue weighted by atomic mass is 10.1. The number of benzene rings is 1. The van der Waals surface area contributed by atoms with Gasteiger partial charge >= 0.3 is 0 Å². The molecular weight excluding hydrogens is 266 g/mol. The summed E-state index contributed by atoms with van der Waals surface area (Å²) in [6.07, 6.45) is 5.84. The average Bonchev–Trinajstić information content (AvgIpc) is 2.22. The van der Waals surface area contributed by atoms with E-state index in [1.807, 2.05) is 20.0 Å². The van der Waals surface area contributed by atoms with Gasteiger partial charge in [0.25, 0.3) is 0 Å². The van der Waals surface area contributed by atoms with Crippen molar-refractivity contribution in [2.75, 3.05) is 13.7 Å². The first-order chi connectivity index (χ1) is 7.69. The van der Waals surface area contributed by atoms with Crippen molar-refractivity contribution in [2.24, 2.45) is 0 Å². The van der Waals surface area contributed by atoms with Gasteiger partial charge < -0.3 is 10.1 Å². The summed E-state index contributed by atoms with van der Waals surface area (Å²) in [6.45, 7) is 3.39. The maximum absolute atomic E-state index is 5.71. The van der Waals surface area contributed by atoms with E-state index in [2.05, 4.69) is 33.2 Å². The SMILES string of the molecule is C#CCCOc1c(C)cc(Br)cc1CNC. The number of hydrogen-bond acceptors (Lipinski definition) is 2. The molecule has 0 heterocycles. The van der Waals surface area contributed by atoms with Gasteiger partial charge in [-0.25, -0.2) is 0 Å². The minimum absolute atomic E-state index is 0.565. The quantitative estimate of drug-likeness (QED) is 0.662. The molecule has 0 unspecified atom stereocenters. The van der Waals surface area contributed by atoms with Crippen LogP contribution in [0.3, 0.4) is 0 Å². The number of terminal acetylenes is 1. The number of rotatable bonds is 5. The second kappa shape index (κ2) is 6.57. The minimum atomic E-state index is 0.565. The van der Waals surface area contributed by atoms with Crippen molar-refractivity contribution in [3.8, 4) is 18.1 Å². The smallest absolute Gasteiger partial charge is 0.126 e. The third-order valence-corrected chi connectivity index (χ3v) is 2.63. The average molecular weight is 282 g/mol. The van der Waals surface area contributed by atoms with Gasteiger partial charge in [-0.05, 0) is 31.7 Å². The van der Waals surface area contributed by atoms with Crippen molar-refractivity contribution in [3.63, 3.8) is 0 Å². The molecule has 16 heavy (non-hydrogen) atoms. The zero-order valence-corrected chi connectivity index (χ0v) is 11.2. The van der Waals surface area contributed by atoms with Gasteiger partial charge in [-0.15, -0.1) is 12.3 Å². The third-order valence-electron chi connectivity index (χ3n) is 2.18. The normalized spacial score (nSPS) is 9.88. The molecule has 0 atom stereocenters. The van der Waals surface area contributed by atoms with Crippen LogP contribution >= 0.6 is 15.9 Å². The summed E-state index contributed by atoms with van der Waals surface area (Å²) in [6, 6.07) is 4.11. The number of ether oxygens (including phenoxy) is 1. The number of hydrogen-bond donors (Lipinski definition) is 1. The molecule has 0 aliphatic carbocycles. The summed E-state index contributed by atoms with van der Waals surface area (Å²) in [4.78, 5) is 0. The summed E-state index contributed by atoms with van der Waals surface area (Å²) in [5, 5.41) is 3.13. The van der Waals surface area contributed by atoms with Crippen LogP contribution in [0.25, 0.3) is 0 Å². The van der Waals surface area contributed by atoms with Crippen molar-refractivity contribution in [1.82, 2.24) is 5.32 Å². The van der Waals surface area contributed by atoms with Crippen LogP contribution in [0.5, 0.6) is 5.75 Å². The molecule has 1 aromatic carbocycles. The van der Waals surface area contributed by atoms with Crippen LogP contribution in [0, 0.1) is 19.3 Å². The van der Waals surface area contributed by atoms with Crippen LogP contribution in [0.1, 0.15) is 17.5 Å². The summed E-state index contributed by atoms with van der Waals surface area (Å²) in [5.74, 6) is 3.51. The highest BCUT2D eigenvalue weighted by molar-refractivity contribution is 9.10. The standard InChI is InChI=1S/C13H16BrNO/c1-4-5-6-16-13-10(2)7-12(14)8-11(13)9-15-3/h1,7-8,15H,5-6,9H2,2-3H3. The van der Waals surface area contributed by atoms with Crippen LogP contribution < -0.4 is 10.1 Å². The molecule has 0 amide bonds. The predicted octanol–water partition coefficient (Wildman–Crippen LogP) is 2.88. The Balaban J connectivity index is 2.90. The van der Waals surface area contributed by atoms with Crippen molar-refractivity contribution < 1.29 is 4.74 Å². The highest BCUT2D eigenvalue weighted by Gasteiger charge is 2.08. The highest BCUT2D eigenvalue weighted by Crippen LogP contribution is 2.28. The molecular formula is C13H16BrNO. The molecule has 0 bridgehead atoms. The molecule has 0 aromatic heterocycles. The zero-order valence-electron chi connectivity index (χ0n) is 9.64. The van der Waals surface area contributed by atoms with Gasteiger partial charge in [-0.2, -0.15) is 0 Å². The Morgan fingerprint density at radius 2 is 2.25 bits per heavy atom. The first kappa shape index (κ1) is 13.1. The lowest BCUT2D eigenvalue weighted by Crippen LogP contribution is -2.09. The Kier molecular flexibility index (Phi) is 5.37. The van der Waals surface area contributed by atoms with Crippen molar-refractivity contribution in [1.29, 1.82) is 0 Å². The Morgan fingerprint density at radius 1 is 1.50 bits per heavy atom. The van der Waals surface area contributed by atoms with Crippen molar-refractivity contribution >= 4 is 15.9 Å². The highest BCUT2D eigenvalue weighted by atomic mass is 79.9.